The second kappa shape index (κ2) is 5.96. The van der Waals surface area contributed by atoms with Gasteiger partial charge in [0.05, 0.1) is 6.10 Å². The molecule has 1 aliphatic rings. The number of hydrogen-bond donors (Lipinski definition) is 0. The summed E-state index contributed by atoms with van der Waals surface area (Å²) in [5.74, 6) is 0.816. The van der Waals surface area contributed by atoms with Gasteiger partial charge in [0.1, 0.15) is 5.82 Å². The fourth-order valence-electron chi connectivity index (χ4n) is 2.17. The lowest BCUT2D eigenvalue weighted by Gasteiger charge is -2.17. The van der Waals surface area contributed by atoms with Crippen LogP contribution in [0.2, 0.25) is 0 Å². The fraction of sp³-hybridized carbons (Fsp3) is 0.571. The lowest BCUT2D eigenvalue weighted by atomic mass is 10.1. The zero-order chi connectivity index (χ0) is 13.0. The maximum absolute atomic E-state index is 12.0. The summed E-state index contributed by atoms with van der Waals surface area (Å²) in [4.78, 5) is 18.0. The molecule has 4 heteroatoms. The molecule has 1 amide bonds. The first kappa shape index (κ1) is 13.0. The summed E-state index contributed by atoms with van der Waals surface area (Å²) >= 11 is 0. The Morgan fingerprint density at radius 2 is 2.39 bits per heavy atom. The molecule has 0 aliphatic carbocycles. The molecule has 18 heavy (non-hydrogen) atoms. The zero-order valence-corrected chi connectivity index (χ0v) is 11.1. The average Bonchev–Trinajstić information content (AvgIpc) is 2.88. The molecule has 0 radical (unpaired) electrons. The van der Waals surface area contributed by atoms with Gasteiger partial charge in [-0.15, -0.1) is 0 Å². The van der Waals surface area contributed by atoms with Gasteiger partial charge in [-0.25, -0.2) is 4.98 Å². The summed E-state index contributed by atoms with van der Waals surface area (Å²) in [5.41, 5.74) is 0.922. The van der Waals surface area contributed by atoms with Crippen LogP contribution in [0.4, 0.5) is 5.82 Å². The molecule has 2 rings (SSSR count). The van der Waals surface area contributed by atoms with Gasteiger partial charge in [-0.2, -0.15) is 0 Å². The number of anilines is 1. The molecule has 4 nitrogen and oxygen atoms in total. The van der Waals surface area contributed by atoms with Gasteiger partial charge >= 0.3 is 0 Å². The maximum atomic E-state index is 12.0. The molecule has 1 atom stereocenters. The van der Waals surface area contributed by atoms with Crippen molar-refractivity contribution in [2.75, 3.05) is 18.6 Å². The molecular formula is C14H20N2O2. The fourth-order valence-corrected chi connectivity index (χ4v) is 2.17. The van der Waals surface area contributed by atoms with Crippen LogP contribution in [0.25, 0.3) is 0 Å². The molecule has 0 N–H and O–H groups in total. The standard InChI is InChI=1S/C14H20N2O2/c1-11-5-3-7-13(15-11)16(2)14(17)9-8-12-6-4-10-18-12/h3,5,7,12H,4,6,8-10H2,1-2H3/t12-/m0/s1. The normalized spacial score (nSPS) is 18.9. The van der Waals surface area contributed by atoms with Crippen molar-refractivity contribution in [2.24, 2.45) is 0 Å². The third-order valence-electron chi connectivity index (χ3n) is 3.30. The highest BCUT2D eigenvalue weighted by Crippen LogP contribution is 2.18. The van der Waals surface area contributed by atoms with Crippen molar-refractivity contribution in [3.05, 3.63) is 23.9 Å². The molecule has 1 saturated heterocycles. The van der Waals surface area contributed by atoms with Gasteiger partial charge in [0.2, 0.25) is 5.91 Å². The number of nitrogens with zero attached hydrogens (tertiary/aromatic N) is 2. The summed E-state index contributed by atoms with van der Waals surface area (Å²) < 4.78 is 5.52. The number of amides is 1. The smallest absolute Gasteiger partial charge is 0.227 e. The molecule has 1 aliphatic heterocycles. The van der Waals surface area contributed by atoms with E-state index in [9.17, 15) is 4.79 Å². The van der Waals surface area contributed by atoms with Crippen molar-refractivity contribution in [2.45, 2.75) is 38.7 Å². The predicted molar refractivity (Wildman–Crippen MR) is 70.6 cm³/mol. The number of hydrogen-bond acceptors (Lipinski definition) is 3. The first-order chi connectivity index (χ1) is 8.66. The van der Waals surface area contributed by atoms with Crippen LogP contribution in [0.15, 0.2) is 18.2 Å². The van der Waals surface area contributed by atoms with E-state index in [1.165, 1.54) is 0 Å². The van der Waals surface area contributed by atoms with E-state index in [0.29, 0.717) is 12.2 Å². The van der Waals surface area contributed by atoms with E-state index >= 15 is 0 Å². The van der Waals surface area contributed by atoms with E-state index in [1.54, 1.807) is 11.9 Å². The van der Waals surface area contributed by atoms with Crippen molar-refractivity contribution < 1.29 is 9.53 Å². The highest BCUT2D eigenvalue weighted by atomic mass is 16.5. The van der Waals surface area contributed by atoms with Crippen LogP contribution in [0.5, 0.6) is 0 Å². The molecule has 0 saturated carbocycles. The van der Waals surface area contributed by atoms with E-state index in [4.69, 9.17) is 4.74 Å². The second-order valence-electron chi connectivity index (χ2n) is 4.76. The molecule has 0 bridgehead atoms. The van der Waals surface area contributed by atoms with Gasteiger partial charge < -0.3 is 4.74 Å². The van der Waals surface area contributed by atoms with Crippen molar-refractivity contribution in [3.63, 3.8) is 0 Å². The van der Waals surface area contributed by atoms with Crippen LogP contribution in [-0.2, 0) is 9.53 Å². The van der Waals surface area contributed by atoms with E-state index < -0.39 is 0 Å². The molecule has 0 aromatic carbocycles. The zero-order valence-electron chi connectivity index (χ0n) is 11.1. The number of rotatable bonds is 4. The number of carbonyl (C=O) groups excluding carboxylic acids is 1. The first-order valence-corrected chi connectivity index (χ1v) is 6.48. The Kier molecular flexibility index (Phi) is 4.31. The Hall–Kier alpha value is -1.42. The van der Waals surface area contributed by atoms with Crippen LogP contribution in [-0.4, -0.2) is 30.6 Å². The van der Waals surface area contributed by atoms with E-state index in [-0.39, 0.29) is 12.0 Å². The Morgan fingerprint density at radius 1 is 1.56 bits per heavy atom. The quantitative estimate of drug-likeness (QED) is 0.821. The van der Waals surface area contributed by atoms with Gasteiger partial charge in [-0.3, -0.25) is 9.69 Å². The molecule has 0 spiro atoms. The monoisotopic (exact) mass is 248 g/mol. The minimum atomic E-state index is 0.101. The first-order valence-electron chi connectivity index (χ1n) is 6.48. The van der Waals surface area contributed by atoms with Crippen LogP contribution in [0.1, 0.15) is 31.4 Å². The van der Waals surface area contributed by atoms with E-state index in [0.717, 1.165) is 31.6 Å². The van der Waals surface area contributed by atoms with Gasteiger partial charge in [-0.1, -0.05) is 6.07 Å². The maximum Gasteiger partial charge on any atom is 0.227 e. The van der Waals surface area contributed by atoms with Gasteiger partial charge in [0.15, 0.2) is 0 Å². The second-order valence-corrected chi connectivity index (χ2v) is 4.76. The largest absolute Gasteiger partial charge is 0.378 e. The van der Waals surface area contributed by atoms with Gasteiger partial charge in [0, 0.05) is 25.8 Å². The topological polar surface area (TPSA) is 42.4 Å². The van der Waals surface area contributed by atoms with Crippen molar-refractivity contribution in [1.82, 2.24) is 4.98 Å². The van der Waals surface area contributed by atoms with Crippen molar-refractivity contribution >= 4 is 11.7 Å². The summed E-state index contributed by atoms with van der Waals surface area (Å²) in [6.07, 6.45) is 3.81. The molecular weight excluding hydrogens is 228 g/mol. The number of aryl methyl sites for hydroxylation is 1. The number of ether oxygens (including phenoxy) is 1. The molecule has 98 valence electrons. The average molecular weight is 248 g/mol. The van der Waals surface area contributed by atoms with Crippen LogP contribution < -0.4 is 4.90 Å². The van der Waals surface area contributed by atoms with Crippen molar-refractivity contribution in [1.29, 1.82) is 0 Å². The Morgan fingerprint density at radius 3 is 3.06 bits per heavy atom. The predicted octanol–water partition coefficient (Wildman–Crippen LogP) is 2.31. The molecule has 1 aromatic heterocycles. The molecule has 1 aromatic rings. The summed E-state index contributed by atoms with van der Waals surface area (Å²) in [6, 6.07) is 5.70. The SMILES string of the molecule is Cc1cccc(N(C)C(=O)CC[C@@H]2CCCO2)n1. The highest BCUT2D eigenvalue weighted by Gasteiger charge is 2.19. The lowest BCUT2D eigenvalue weighted by molar-refractivity contribution is -0.118. The Balaban J connectivity index is 1.87. The van der Waals surface area contributed by atoms with Gasteiger partial charge in [0.25, 0.3) is 0 Å². The highest BCUT2D eigenvalue weighted by molar-refractivity contribution is 5.91. The number of pyridine rings is 1. The lowest BCUT2D eigenvalue weighted by Crippen LogP contribution is -2.27. The van der Waals surface area contributed by atoms with Gasteiger partial charge in [-0.05, 0) is 38.3 Å². The van der Waals surface area contributed by atoms with Crippen LogP contribution >= 0.6 is 0 Å². The van der Waals surface area contributed by atoms with E-state index in [2.05, 4.69) is 4.98 Å². The third-order valence-corrected chi connectivity index (χ3v) is 3.30. The number of carbonyl (C=O) groups is 1. The molecule has 1 fully saturated rings. The third kappa shape index (κ3) is 3.29. The minimum absolute atomic E-state index is 0.101. The van der Waals surface area contributed by atoms with Crippen LogP contribution in [0.3, 0.4) is 0 Å². The van der Waals surface area contributed by atoms with E-state index in [1.807, 2.05) is 25.1 Å². The minimum Gasteiger partial charge on any atom is -0.378 e. The summed E-state index contributed by atoms with van der Waals surface area (Å²) in [6.45, 7) is 2.77. The molecule has 0 unspecified atom stereocenters. The number of aromatic nitrogens is 1. The van der Waals surface area contributed by atoms with Crippen LogP contribution in [0, 0.1) is 6.92 Å². The Bertz CT molecular complexity index is 414. The van der Waals surface area contributed by atoms with Crippen molar-refractivity contribution in [3.8, 4) is 0 Å². The Labute approximate surface area is 108 Å². The summed E-state index contributed by atoms with van der Waals surface area (Å²) in [5, 5.41) is 0. The molecule has 2 heterocycles. The summed E-state index contributed by atoms with van der Waals surface area (Å²) in [7, 11) is 1.78.